The monoisotopic (exact) mass is 613 g/mol. The second-order valence-electron chi connectivity index (χ2n) is 7.12. The Hall–Kier alpha value is -2.82. The van der Waals surface area contributed by atoms with Crippen LogP contribution in [-0.2, 0) is 39.8 Å². The Kier molecular flexibility index (Phi) is 8.95. The van der Waals surface area contributed by atoms with Gasteiger partial charge in [0, 0.05) is 19.7 Å². The van der Waals surface area contributed by atoms with Crippen LogP contribution >= 0.6 is 15.9 Å². The maximum Gasteiger partial charge on any atom is 0.433 e. The van der Waals surface area contributed by atoms with Gasteiger partial charge in [0.25, 0.3) is 5.56 Å². The van der Waals surface area contributed by atoms with Gasteiger partial charge < -0.3 is 9.47 Å². The average Bonchev–Trinajstić information content (AvgIpc) is 2.74. The molecule has 0 saturated carbocycles. The van der Waals surface area contributed by atoms with Crippen molar-refractivity contribution < 1.29 is 53.8 Å². The normalized spacial score (nSPS) is 13.4. The van der Waals surface area contributed by atoms with Crippen LogP contribution in [0.5, 0.6) is 0 Å². The number of ether oxygens (including phenoxy) is 2. The topological polar surface area (TPSA) is 73.7 Å². The van der Waals surface area contributed by atoms with Crippen molar-refractivity contribution >= 4 is 33.5 Å². The van der Waals surface area contributed by atoms with Gasteiger partial charge in [-0.3, -0.25) is 14.3 Å². The molecule has 0 bridgehead atoms. The van der Waals surface area contributed by atoms with E-state index >= 15 is 0 Å². The van der Waals surface area contributed by atoms with Gasteiger partial charge in [0.2, 0.25) is 12.2 Å². The molecule has 0 N–H and O–H groups in total. The second-order valence-corrected chi connectivity index (χ2v) is 7.91. The highest BCUT2D eigenvalue weighted by molar-refractivity contribution is 9.10. The molecule has 1 unspecified atom stereocenters. The van der Waals surface area contributed by atoms with E-state index in [2.05, 4.69) is 20.9 Å². The van der Waals surface area contributed by atoms with Crippen LogP contribution in [0.3, 0.4) is 0 Å². The van der Waals surface area contributed by atoms with Crippen LogP contribution in [-0.4, -0.2) is 35.0 Å². The lowest BCUT2D eigenvalue weighted by molar-refractivity contribution is -0.155. The van der Waals surface area contributed by atoms with Crippen LogP contribution in [0.2, 0.25) is 0 Å². The van der Waals surface area contributed by atoms with Crippen LogP contribution < -0.4 is 10.5 Å². The molecular weight excluding hydrogens is 597 g/mol. The average molecular weight is 614 g/mol. The number of hydrogen-bond acceptors (Lipinski definition) is 6. The highest BCUT2D eigenvalue weighted by atomic mass is 79.9. The largest absolute Gasteiger partial charge is 0.463 e. The Morgan fingerprint density at radius 3 is 2.05 bits per heavy atom. The van der Waals surface area contributed by atoms with E-state index in [9.17, 15) is 49.1 Å². The van der Waals surface area contributed by atoms with Gasteiger partial charge in [0.1, 0.15) is 0 Å². The van der Waals surface area contributed by atoms with Crippen molar-refractivity contribution in [3.05, 3.63) is 49.8 Å². The first kappa shape index (κ1) is 30.4. The molecule has 0 fully saturated rings. The Balaban J connectivity index is 3.11. The summed E-state index contributed by atoms with van der Waals surface area (Å²) in [5.74, 6) is -2.55. The molecule has 0 amide bonds. The van der Waals surface area contributed by atoms with E-state index in [1.54, 1.807) is 0 Å². The fraction of sp³-hybridized carbons (Fsp3) is 0.450. The summed E-state index contributed by atoms with van der Waals surface area (Å²) in [7, 11) is 0.845. The van der Waals surface area contributed by atoms with Gasteiger partial charge >= 0.3 is 24.5 Å². The number of halogens is 10. The lowest BCUT2D eigenvalue weighted by Crippen LogP contribution is -2.45. The first-order valence-electron chi connectivity index (χ1n) is 10.0. The first-order chi connectivity index (χ1) is 16.8. The van der Waals surface area contributed by atoms with E-state index in [4.69, 9.17) is 9.47 Å². The maximum absolute atomic E-state index is 13.7. The minimum atomic E-state index is -5.39. The molecular formula is C20H17BrF9N3O4. The molecule has 0 aliphatic rings. The van der Waals surface area contributed by atoms with Crippen molar-refractivity contribution in [2.75, 3.05) is 18.1 Å². The third-order valence-corrected chi connectivity index (χ3v) is 5.44. The van der Waals surface area contributed by atoms with Gasteiger partial charge in [0.05, 0.1) is 27.9 Å². The summed E-state index contributed by atoms with van der Waals surface area (Å²) in [6, 6.07) is -0.0363. The fourth-order valence-electron chi connectivity index (χ4n) is 3.00. The molecule has 0 aliphatic carbocycles. The van der Waals surface area contributed by atoms with E-state index in [1.807, 2.05) is 0 Å². The van der Waals surface area contributed by atoms with Crippen molar-refractivity contribution in [1.82, 2.24) is 9.55 Å². The van der Waals surface area contributed by atoms with Crippen LogP contribution in [0.15, 0.2) is 27.5 Å². The zero-order valence-corrected chi connectivity index (χ0v) is 20.6. The fourth-order valence-corrected chi connectivity index (χ4v) is 3.65. The molecule has 0 spiro atoms. The van der Waals surface area contributed by atoms with Crippen LogP contribution in [0.1, 0.15) is 30.7 Å². The predicted molar refractivity (Wildman–Crippen MR) is 113 cm³/mol. The lowest BCUT2D eigenvalue weighted by Gasteiger charge is -2.33. The molecule has 1 atom stereocenters. The standard InChI is InChI=1S/C20H17BrF9N3O4/c1-4-36-15(16(35)37-5-2)33(17-31-12(20(28,29)30)8-13(34)32(17)3)11-7-9(18(22,23)24)6-10(14(11)21)19(25,26)27/h6-8,15H,4-5H2,1-3H3. The summed E-state index contributed by atoms with van der Waals surface area (Å²) in [4.78, 5) is 28.5. The molecule has 2 rings (SSSR count). The van der Waals surface area contributed by atoms with Gasteiger partial charge in [-0.1, -0.05) is 0 Å². The molecule has 1 aromatic carbocycles. The van der Waals surface area contributed by atoms with E-state index in [1.165, 1.54) is 13.8 Å². The third kappa shape index (κ3) is 6.74. The lowest BCUT2D eigenvalue weighted by atomic mass is 10.1. The van der Waals surface area contributed by atoms with Crippen molar-refractivity contribution in [1.29, 1.82) is 0 Å². The zero-order valence-electron chi connectivity index (χ0n) is 19.0. The molecule has 7 nitrogen and oxygen atoms in total. The number of aromatic nitrogens is 2. The third-order valence-electron chi connectivity index (χ3n) is 4.61. The number of rotatable bonds is 7. The van der Waals surface area contributed by atoms with Gasteiger partial charge in [-0.15, -0.1) is 0 Å². The summed E-state index contributed by atoms with van der Waals surface area (Å²) < 4.78 is 131. The molecule has 206 valence electrons. The second kappa shape index (κ2) is 10.9. The van der Waals surface area contributed by atoms with E-state index < -0.39 is 75.8 Å². The Labute approximate surface area is 210 Å². The van der Waals surface area contributed by atoms with Crippen LogP contribution in [0, 0.1) is 0 Å². The van der Waals surface area contributed by atoms with E-state index in [0.717, 1.165) is 7.05 Å². The summed E-state index contributed by atoms with van der Waals surface area (Å²) >= 11 is 2.55. The number of nitrogens with zero attached hydrogens (tertiary/aromatic N) is 3. The molecule has 2 aromatic rings. The minimum Gasteiger partial charge on any atom is -0.463 e. The molecule has 1 aromatic heterocycles. The number of hydrogen-bond donors (Lipinski definition) is 0. The maximum atomic E-state index is 13.7. The SMILES string of the molecule is CCOC(=O)C(OCC)N(c1cc(C(F)(F)F)cc(C(F)(F)F)c1Br)c1nc(C(F)(F)F)cc(=O)n1C. The van der Waals surface area contributed by atoms with Gasteiger partial charge in [-0.05, 0) is 41.9 Å². The predicted octanol–water partition coefficient (Wildman–Crippen LogP) is 5.66. The number of esters is 1. The van der Waals surface area contributed by atoms with Crippen LogP contribution in [0.25, 0.3) is 0 Å². The molecule has 17 heteroatoms. The first-order valence-corrected chi connectivity index (χ1v) is 10.8. The summed E-state index contributed by atoms with van der Waals surface area (Å²) in [6.45, 7) is 1.84. The van der Waals surface area contributed by atoms with Crippen molar-refractivity contribution in [3.63, 3.8) is 0 Å². The summed E-state index contributed by atoms with van der Waals surface area (Å²) in [5.41, 5.74) is -8.08. The van der Waals surface area contributed by atoms with E-state index in [-0.39, 0.29) is 29.7 Å². The van der Waals surface area contributed by atoms with Crippen molar-refractivity contribution in [2.24, 2.45) is 7.05 Å². The summed E-state index contributed by atoms with van der Waals surface area (Å²) in [6.07, 6.45) is -18.3. The zero-order chi connectivity index (χ0) is 28.5. The highest BCUT2D eigenvalue weighted by Gasteiger charge is 2.43. The van der Waals surface area contributed by atoms with Gasteiger partial charge in [-0.25, -0.2) is 9.78 Å². The Bertz CT molecular complexity index is 1210. The molecule has 37 heavy (non-hydrogen) atoms. The summed E-state index contributed by atoms with van der Waals surface area (Å²) in [5, 5.41) is 0. The van der Waals surface area contributed by atoms with Gasteiger partial charge in [-0.2, -0.15) is 39.5 Å². The quantitative estimate of drug-likeness (QED) is 0.228. The number of alkyl halides is 9. The van der Waals surface area contributed by atoms with Crippen LogP contribution in [0.4, 0.5) is 51.1 Å². The smallest absolute Gasteiger partial charge is 0.433 e. The molecule has 0 saturated heterocycles. The molecule has 1 heterocycles. The van der Waals surface area contributed by atoms with E-state index in [0.29, 0.717) is 4.57 Å². The highest BCUT2D eigenvalue weighted by Crippen LogP contribution is 2.46. The Morgan fingerprint density at radius 2 is 1.59 bits per heavy atom. The van der Waals surface area contributed by atoms with Crippen molar-refractivity contribution in [2.45, 2.75) is 38.6 Å². The minimum absolute atomic E-state index is 0.0596. The number of benzene rings is 1. The molecule has 0 aliphatic heterocycles. The number of anilines is 2. The number of carbonyl (C=O) groups is 1. The Morgan fingerprint density at radius 1 is 1.00 bits per heavy atom. The molecule has 0 radical (unpaired) electrons. The number of carbonyl (C=O) groups excluding carboxylic acids is 1. The van der Waals surface area contributed by atoms with Gasteiger partial charge in [0.15, 0.2) is 5.69 Å². The van der Waals surface area contributed by atoms with Crippen molar-refractivity contribution in [3.8, 4) is 0 Å².